The van der Waals surface area contributed by atoms with Crippen molar-refractivity contribution in [1.82, 2.24) is 25.1 Å². The van der Waals surface area contributed by atoms with E-state index in [1.807, 2.05) is 30.3 Å². The molecular weight excluding hydrogens is 460 g/mol. The molecule has 1 fully saturated rings. The van der Waals surface area contributed by atoms with Gasteiger partial charge in [0.15, 0.2) is 17.3 Å². The first-order chi connectivity index (χ1) is 17.6. The number of methoxy groups -OCH3 is 1. The van der Waals surface area contributed by atoms with Crippen LogP contribution in [-0.4, -0.2) is 58.5 Å². The van der Waals surface area contributed by atoms with Gasteiger partial charge >= 0.3 is 0 Å². The summed E-state index contributed by atoms with van der Waals surface area (Å²) in [6.07, 6.45) is 6.21. The SMILES string of the molecule is COc1c2c(cc3c1C(c1nnnn1-c1cccc(NC(=O)C4CCCCC4)c1)N(C)CC3)OCO2. The number of likely N-dealkylation sites (N-methyl/N-ethyl adjacent to an activating group) is 1. The molecule has 1 aromatic heterocycles. The van der Waals surface area contributed by atoms with Gasteiger partial charge in [-0.1, -0.05) is 25.3 Å². The fraction of sp³-hybridized carbons (Fsp3) is 0.462. The van der Waals surface area contributed by atoms with E-state index < -0.39 is 0 Å². The van der Waals surface area contributed by atoms with Gasteiger partial charge in [-0.3, -0.25) is 9.69 Å². The number of tetrazole rings is 1. The van der Waals surface area contributed by atoms with Crippen LogP contribution < -0.4 is 19.5 Å². The molecule has 10 heteroatoms. The molecule has 1 aliphatic carbocycles. The van der Waals surface area contributed by atoms with Crippen molar-refractivity contribution < 1.29 is 19.0 Å². The van der Waals surface area contributed by atoms with Crippen LogP contribution in [0.15, 0.2) is 30.3 Å². The number of amides is 1. The van der Waals surface area contributed by atoms with Crippen molar-refractivity contribution in [2.75, 3.05) is 32.8 Å². The van der Waals surface area contributed by atoms with Gasteiger partial charge in [0.25, 0.3) is 0 Å². The van der Waals surface area contributed by atoms with Gasteiger partial charge < -0.3 is 19.5 Å². The van der Waals surface area contributed by atoms with Gasteiger partial charge in [-0.25, -0.2) is 0 Å². The van der Waals surface area contributed by atoms with Gasteiger partial charge in [0, 0.05) is 23.7 Å². The highest BCUT2D eigenvalue weighted by molar-refractivity contribution is 5.92. The monoisotopic (exact) mass is 490 g/mol. The number of aromatic nitrogens is 4. The molecule has 1 amide bonds. The maximum absolute atomic E-state index is 12.8. The molecular formula is C26H30N6O4. The van der Waals surface area contributed by atoms with E-state index in [9.17, 15) is 4.79 Å². The quantitative estimate of drug-likeness (QED) is 0.580. The number of hydrogen-bond acceptors (Lipinski definition) is 8. The van der Waals surface area contributed by atoms with Crippen LogP contribution in [0, 0.1) is 5.92 Å². The van der Waals surface area contributed by atoms with Crippen LogP contribution in [-0.2, 0) is 11.2 Å². The summed E-state index contributed by atoms with van der Waals surface area (Å²) in [7, 11) is 3.70. The fourth-order valence-corrected chi connectivity index (χ4v) is 5.63. The van der Waals surface area contributed by atoms with Crippen LogP contribution in [0.5, 0.6) is 17.2 Å². The minimum absolute atomic E-state index is 0.0822. The summed E-state index contributed by atoms with van der Waals surface area (Å²) >= 11 is 0. The summed E-state index contributed by atoms with van der Waals surface area (Å²) in [5, 5.41) is 15.9. The lowest BCUT2D eigenvalue weighted by molar-refractivity contribution is -0.120. The predicted molar refractivity (Wildman–Crippen MR) is 132 cm³/mol. The van der Waals surface area contributed by atoms with E-state index in [0.717, 1.165) is 61.2 Å². The first kappa shape index (κ1) is 22.8. The summed E-state index contributed by atoms with van der Waals surface area (Å²) in [5.74, 6) is 2.80. The Morgan fingerprint density at radius 2 is 2.03 bits per heavy atom. The van der Waals surface area contributed by atoms with E-state index in [4.69, 9.17) is 14.2 Å². The second-order valence-electron chi connectivity index (χ2n) is 9.67. The minimum atomic E-state index is -0.256. The highest BCUT2D eigenvalue weighted by atomic mass is 16.7. The lowest BCUT2D eigenvalue weighted by atomic mass is 9.88. The van der Waals surface area contributed by atoms with Crippen molar-refractivity contribution in [2.24, 2.45) is 5.92 Å². The van der Waals surface area contributed by atoms with E-state index in [0.29, 0.717) is 23.1 Å². The van der Waals surface area contributed by atoms with E-state index in [2.05, 4.69) is 32.8 Å². The molecule has 1 unspecified atom stereocenters. The van der Waals surface area contributed by atoms with Gasteiger partial charge in [-0.15, -0.1) is 5.10 Å². The van der Waals surface area contributed by atoms with Gasteiger partial charge in [0.2, 0.25) is 18.4 Å². The van der Waals surface area contributed by atoms with Gasteiger partial charge in [-0.05, 0) is 66.6 Å². The van der Waals surface area contributed by atoms with E-state index in [1.54, 1.807) is 11.8 Å². The second kappa shape index (κ2) is 9.42. The number of carbonyl (C=O) groups excluding carboxylic acids is 1. The normalized spacial score (nSPS) is 19.7. The molecule has 2 aliphatic heterocycles. The van der Waals surface area contributed by atoms with Gasteiger partial charge in [0.1, 0.15) is 6.04 Å². The standard InChI is InChI=1S/C26H30N6O4/c1-31-12-11-17-13-20-23(36-15-35-20)24(34-2)21(17)22(31)25-28-29-30-32(25)19-10-6-9-18(14-19)27-26(33)16-7-4-3-5-8-16/h6,9-10,13-14,16,22H,3-5,7-8,11-12,15H2,1-2H3,(H,27,33). The topological polar surface area (TPSA) is 104 Å². The number of ether oxygens (including phenoxy) is 3. The van der Waals surface area contributed by atoms with Crippen LogP contribution in [0.25, 0.3) is 5.69 Å². The molecule has 6 rings (SSSR count). The summed E-state index contributed by atoms with van der Waals surface area (Å²) in [5.41, 5.74) is 3.62. The molecule has 0 saturated heterocycles. The molecule has 1 N–H and O–H groups in total. The van der Waals surface area contributed by atoms with Gasteiger partial charge in [0.05, 0.1) is 12.8 Å². The third-order valence-corrected chi connectivity index (χ3v) is 7.47. The van der Waals surface area contributed by atoms with Crippen LogP contribution in [0.1, 0.15) is 55.1 Å². The molecule has 1 saturated carbocycles. The maximum atomic E-state index is 12.8. The average molecular weight is 491 g/mol. The van der Waals surface area contributed by atoms with Crippen molar-refractivity contribution >= 4 is 11.6 Å². The molecule has 3 aliphatic rings. The Hall–Kier alpha value is -3.66. The van der Waals surface area contributed by atoms with E-state index in [1.165, 1.54) is 6.42 Å². The summed E-state index contributed by atoms with van der Waals surface area (Å²) in [4.78, 5) is 15.0. The molecule has 2 aromatic carbocycles. The van der Waals surface area contributed by atoms with Crippen LogP contribution in [0.2, 0.25) is 0 Å². The number of nitrogens with one attached hydrogen (secondary N) is 1. The number of nitrogens with zero attached hydrogens (tertiary/aromatic N) is 5. The number of hydrogen-bond donors (Lipinski definition) is 1. The molecule has 1 atom stereocenters. The Balaban J connectivity index is 1.36. The Bertz CT molecular complexity index is 1290. The molecule has 3 aromatic rings. The molecule has 36 heavy (non-hydrogen) atoms. The fourth-order valence-electron chi connectivity index (χ4n) is 5.63. The zero-order valence-corrected chi connectivity index (χ0v) is 20.6. The van der Waals surface area contributed by atoms with Crippen LogP contribution in [0.4, 0.5) is 5.69 Å². The average Bonchev–Trinajstić information content (AvgIpc) is 3.58. The highest BCUT2D eigenvalue weighted by Gasteiger charge is 2.37. The van der Waals surface area contributed by atoms with Gasteiger partial charge in [-0.2, -0.15) is 4.68 Å². The smallest absolute Gasteiger partial charge is 0.231 e. The molecule has 188 valence electrons. The third kappa shape index (κ3) is 3.95. The number of rotatable bonds is 5. The van der Waals surface area contributed by atoms with Crippen molar-refractivity contribution in [3.8, 4) is 22.9 Å². The molecule has 0 bridgehead atoms. The first-order valence-electron chi connectivity index (χ1n) is 12.5. The first-order valence-corrected chi connectivity index (χ1v) is 12.5. The Morgan fingerprint density at radius 3 is 2.86 bits per heavy atom. The van der Waals surface area contributed by atoms with Crippen molar-refractivity contribution in [3.63, 3.8) is 0 Å². The number of benzene rings is 2. The summed E-state index contributed by atoms with van der Waals surface area (Å²) in [6, 6.07) is 9.45. The summed E-state index contributed by atoms with van der Waals surface area (Å²) < 4.78 is 19.0. The van der Waals surface area contributed by atoms with Crippen molar-refractivity contribution in [3.05, 3.63) is 47.3 Å². The Kier molecular flexibility index (Phi) is 5.96. The highest BCUT2D eigenvalue weighted by Crippen LogP contribution is 2.50. The lowest BCUT2D eigenvalue weighted by Gasteiger charge is -2.34. The maximum Gasteiger partial charge on any atom is 0.231 e. The molecule has 0 spiro atoms. The number of fused-ring (bicyclic) bond motifs is 2. The zero-order chi connectivity index (χ0) is 24.6. The lowest BCUT2D eigenvalue weighted by Crippen LogP contribution is -2.35. The molecule has 0 radical (unpaired) electrons. The molecule has 10 nitrogen and oxygen atoms in total. The largest absolute Gasteiger partial charge is 0.492 e. The van der Waals surface area contributed by atoms with Crippen molar-refractivity contribution in [2.45, 2.75) is 44.6 Å². The Morgan fingerprint density at radius 1 is 1.17 bits per heavy atom. The van der Waals surface area contributed by atoms with E-state index >= 15 is 0 Å². The Labute approximate surface area is 209 Å². The number of carbonyl (C=O) groups is 1. The number of anilines is 1. The molecule has 3 heterocycles. The van der Waals surface area contributed by atoms with Crippen LogP contribution in [0.3, 0.4) is 0 Å². The zero-order valence-electron chi connectivity index (χ0n) is 20.6. The summed E-state index contributed by atoms with van der Waals surface area (Å²) in [6.45, 7) is 0.997. The van der Waals surface area contributed by atoms with Crippen LogP contribution >= 0.6 is 0 Å². The minimum Gasteiger partial charge on any atom is -0.492 e. The predicted octanol–water partition coefficient (Wildman–Crippen LogP) is 3.50. The third-order valence-electron chi connectivity index (χ3n) is 7.47. The van der Waals surface area contributed by atoms with Crippen molar-refractivity contribution in [1.29, 1.82) is 0 Å². The second-order valence-corrected chi connectivity index (χ2v) is 9.67. The van der Waals surface area contributed by atoms with E-state index in [-0.39, 0.29) is 24.7 Å².